The quantitative estimate of drug-likeness (QED) is 0.658. The summed E-state index contributed by atoms with van der Waals surface area (Å²) in [4.78, 5) is 0. The van der Waals surface area contributed by atoms with E-state index in [-0.39, 0.29) is 5.60 Å². The summed E-state index contributed by atoms with van der Waals surface area (Å²) in [6, 6.07) is 0. The van der Waals surface area contributed by atoms with Crippen molar-refractivity contribution in [2.24, 2.45) is 5.41 Å². The normalized spacial score (nSPS) is 26.2. The molecule has 1 saturated heterocycles. The molecule has 18 heavy (non-hydrogen) atoms. The largest absolute Gasteiger partial charge is 0.372 e. The molecule has 2 atom stereocenters. The van der Waals surface area contributed by atoms with E-state index in [0.717, 1.165) is 13.1 Å². The minimum atomic E-state index is 0.106. The Kier molecular flexibility index (Phi) is 6.13. The highest BCUT2D eigenvalue weighted by molar-refractivity contribution is 4.87. The van der Waals surface area contributed by atoms with E-state index in [4.69, 9.17) is 4.74 Å². The maximum absolute atomic E-state index is 6.17. The van der Waals surface area contributed by atoms with Crippen molar-refractivity contribution < 1.29 is 4.74 Å². The van der Waals surface area contributed by atoms with Gasteiger partial charge in [-0.25, -0.2) is 0 Å². The average molecular weight is 255 g/mol. The van der Waals surface area contributed by atoms with Gasteiger partial charge < -0.3 is 10.1 Å². The first-order valence-corrected chi connectivity index (χ1v) is 7.79. The first-order valence-electron chi connectivity index (χ1n) is 7.79. The summed E-state index contributed by atoms with van der Waals surface area (Å²) in [5.41, 5.74) is 0.504. The van der Waals surface area contributed by atoms with Crippen LogP contribution in [0.3, 0.4) is 0 Å². The lowest BCUT2D eigenvalue weighted by Crippen LogP contribution is -2.35. The average Bonchev–Trinajstić information content (AvgIpc) is 2.58. The minimum Gasteiger partial charge on any atom is -0.372 e. The molecule has 1 N–H and O–H groups in total. The Hall–Kier alpha value is -0.0800. The van der Waals surface area contributed by atoms with Gasteiger partial charge in [-0.3, -0.25) is 0 Å². The van der Waals surface area contributed by atoms with Crippen LogP contribution in [0.1, 0.15) is 73.1 Å². The Bertz CT molecular complexity index is 239. The number of hydrogen-bond donors (Lipinski definition) is 1. The third kappa shape index (κ3) is 5.27. The van der Waals surface area contributed by atoms with E-state index in [1.807, 2.05) is 0 Å². The third-order valence-corrected chi connectivity index (χ3v) is 4.11. The second-order valence-corrected chi connectivity index (χ2v) is 6.98. The molecule has 0 saturated carbocycles. The molecular formula is C16H33NO. The van der Waals surface area contributed by atoms with Gasteiger partial charge in [0.1, 0.15) is 0 Å². The summed E-state index contributed by atoms with van der Waals surface area (Å²) in [7, 11) is 0. The van der Waals surface area contributed by atoms with Gasteiger partial charge in [-0.15, -0.1) is 0 Å². The lowest BCUT2D eigenvalue weighted by atomic mass is 9.79. The fraction of sp³-hybridized carbons (Fsp3) is 1.00. The lowest BCUT2D eigenvalue weighted by Gasteiger charge is -2.33. The first-order chi connectivity index (χ1) is 8.41. The van der Waals surface area contributed by atoms with Crippen LogP contribution in [0.4, 0.5) is 0 Å². The van der Waals surface area contributed by atoms with Crippen LogP contribution in [0.15, 0.2) is 0 Å². The van der Waals surface area contributed by atoms with E-state index < -0.39 is 0 Å². The van der Waals surface area contributed by atoms with E-state index >= 15 is 0 Å². The monoisotopic (exact) mass is 255 g/mol. The van der Waals surface area contributed by atoms with E-state index in [1.165, 1.54) is 38.5 Å². The maximum Gasteiger partial charge on any atom is 0.0631 e. The van der Waals surface area contributed by atoms with Crippen LogP contribution in [-0.2, 0) is 4.74 Å². The van der Waals surface area contributed by atoms with Crippen molar-refractivity contribution in [1.82, 2.24) is 5.32 Å². The summed E-state index contributed by atoms with van der Waals surface area (Å²) in [5, 5.41) is 3.60. The van der Waals surface area contributed by atoms with E-state index in [2.05, 4.69) is 39.9 Å². The lowest BCUT2D eigenvalue weighted by molar-refractivity contribution is -0.0346. The van der Waals surface area contributed by atoms with Gasteiger partial charge in [0.15, 0.2) is 0 Å². The van der Waals surface area contributed by atoms with Gasteiger partial charge in [-0.2, -0.15) is 0 Å². The van der Waals surface area contributed by atoms with E-state index in [9.17, 15) is 0 Å². The molecule has 0 aromatic rings. The Labute approximate surface area is 114 Å². The van der Waals surface area contributed by atoms with Crippen molar-refractivity contribution in [3.63, 3.8) is 0 Å². The van der Waals surface area contributed by atoms with Crippen molar-refractivity contribution in [1.29, 1.82) is 0 Å². The van der Waals surface area contributed by atoms with Crippen LogP contribution in [-0.4, -0.2) is 24.8 Å². The van der Waals surface area contributed by atoms with Gasteiger partial charge in [-0.1, -0.05) is 27.2 Å². The SMILES string of the molecule is CCCNCC(C)(CCC)CC1CCC(C)(C)O1. The van der Waals surface area contributed by atoms with E-state index in [0.29, 0.717) is 11.5 Å². The molecule has 0 bridgehead atoms. The molecule has 1 aliphatic rings. The topological polar surface area (TPSA) is 21.3 Å². The van der Waals surface area contributed by atoms with E-state index in [1.54, 1.807) is 0 Å². The number of nitrogens with one attached hydrogen (secondary N) is 1. The van der Waals surface area contributed by atoms with Crippen LogP contribution >= 0.6 is 0 Å². The van der Waals surface area contributed by atoms with Crippen molar-refractivity contribution >= 4 is 0 Å². The van der Waals surface area contributed by atoms with Crippen LogP contribution in [0.5, 0.6) is 0 Å². The molecule has 1 rings (SSSR count). The van der Waals surface area contributed by atoms with Crippen LogP contribution in [0.25, 0.3) is 0 Å². The zero-order valence-electron chi connectivity index (χ0n) is 13.1. The molecule has 2 heteroatoms. The summed E-state index contributed by atoms with van der Waals surface area (Å²) < 4.78 is 6.17. The molecular weight excluding hydrogens is 222 g/mol. The molecule has 0 amide bonds. The van der Waals surface area contributed by atoms with Gasteiger partial charge in [-0.05, 0) is 57.9 Å². The molecule has 0 aliphatic carbocycles. The van der Waals surface area contributed by atoms with Crippen LogP contribution in [0, 0.1) is 5.41 Å². The molecule has 0 aromatic carbocycles. The van der Waals surface area contributed by atoms with Crippen LogP contribution in [0.2, 0.25) is 0 Å². The molecule has 0 spiro atoms. The molecule has 1 heterocycles. The molecule has 2 nitrogen and oxygen atoms in total. The minimum absolute atomic E-state index is 0.106. The molecule has 2 unspecified atom stereocenters. The standard InChI is InChI=1S/C16H33NO/c1-6-9-16(5,13-17-11-7-2)12-14-8-10-15(3,4)18-14/h14,17H,6-13H2,1-5H3. The number of hydrogen-bond acceptors (Lipinski definition) is 2. The first kappa shape index (κ1) is 16.0. The van der Waals surface area contributed by atoms with Crippen LogP contribution < -0.4 is 5.32 Å². The predicted octanol–water partition coefficient (Wildman–Crippen LogP) is 4.14. The van der Waals surface area contributed by atoms with Gasteiger partial charge >= 0.3 is 0 Å². The van der Waals surface area contributed by atoms with Crippen molar-refractivity contribution in [3.8, 4) is 0 Å². The van der Waals surface area contributed by atoms with Gasteiger partial charge in [0, 0.05) is 6.54 Å². The fourth-order valence-electron chi connectivity index (χ4n) is 3.20. The van der Waals surface area contributed by atoms with Gasteiger partial charge in [0.05, 0.1) is 11.7 Å². The fourth-order valence-corrected chi connectivity index (χ4v) is 3.20. The van der Waals surface area contributed by atoms with Crippen molar-refractivity contribution in [2.45, 2.75) is 84.8 Å². The molecule has 108 valence electrons. The Balaban J connectivity index is 2.46. The summed E-state index contributed by atoms with van der Waals surface area (Å²) in [6.07, 6.45) is 7.91. The highest BCUT2D eigenvalue weighted by atomic mass is 16.5. The highest BCUT2D eigenvalue weighted by Crippen LogP contribution is 2.37. The zero-order valence-corrected chi connectivity index (χ0v) is 13.1. The highest BCUT2D eigenvalue weighted by Gasteiger charge is 2.36. The second kappa shape index (κ2) is 6.91. The van der Waals surface area contributed by atoms with Crippen molar-refractivity contribution in [3.05, 3.63) is 0 Å². The third-order valence-electron chi connectivity index (χ3n) is 4.11. The zero-order chi connectivity index (χ0) is 13.6. The Morgan fingerprint density at radius 2 is 2.00 bits per heavy atom. The number of rotatable bonds is 8. The second-order valence-electron chi connectivity index (χ2n) is 6.98. The van der Waals surface area contributed by atoms with Gasteiger partial charge in [0.2, 0.25) is 0 Å². The Morgan fingerprint density at radius 3 is 2.50 bits per heavy atom. The predicted molar refractivity (Wildman–Crippen MR) is 79.0 cm³/mol. The van der Waals surface area contributed by atoms with Gasteiger partial charge in [0.25, 0.3) is 0 Å². The molecule has 1 fully saturated rings. The van der Waals surface area contributed by atoms with Crippen molar-refractivity contribution in [2.75, 3.05) is 13.1 Å². The summed E-state index contributed by atoms with van der Waals surface area (Å²) >= 11 is 0. The maximum atomic E-state index is 6.17. The molecule has 1 aliphatic heterocycles. The smallest absolute Gasteiger partial charge is 0.0631 e. The Morgan fingerprint density at radius 1 is 1.28 bits per heavy atom. The molecule has 0 aromatic heterocycles. The summed E-state index contributed by atoms with van der Waals surface area (Å²) in [6.45, 7) is 13.7. The summed E-state index contributed by atoms with van der Waals surface area (Å²) in [5.74, 6) is 0. The molecule has 0 radical (unpaired) electrons. The number of ether oxygens (including phenoxy) is 1.